The highest BCUT2D eigenvalue weighted by Gasteiger charge is 2.14. The van der Waals surface area contributed by atoms with Gasteiger partial charge in [0, 0.05) is 24.5 Å². The number of aryl methyl sites for hydroxylation is 1. The van der Waals surface area contributed by atoms with Crippen LogP contribution in [0.2, 0.25) is 5.02 Å². The van der Waals surface area contributed by atoms with Crippen LogP contribution in [0.25, 0.3) is 11.0 Å². The second-order valence-electron chi connectivity index (χ2n) is 9.75. The molecule has 0 unspecified atom stereocenters. The molecule has 4 aromatic rings. The summed E-state index contributed by atoms with van der Waals surface area (Å²) >= 11 is 5.87. The van der Waals surface area contributed by atoms with Gasteiger partial charge in [-0.2, -0.15) is 0 Å². The zero-order chi connectivity index (χ0) is 24.8. The second-order valence-corrected chi connectivity index (χ2v) is 10.2. The number of nitrogens with one attached hydrogen (secondary N) is 1. The number of imidazole rings is 1. The summed E-state index contributed by atoms with van der Waals surface area (Å²) < 4.78 is 7.79. The summed E-state index contributed by atoms with van der Waals surface area (Å²) in [7, 11) is 0. The first kappa shape index (κ1) is 24.8. The minimum Gasteiger partial charge on any atom is -0.484 e. The van der Waals surface area contributed by atoms with E-state index in [2.05, 4.69) is 61.0 Å². The molecule has 3 aromatic carbocycles. The maximum Gasteiger partial charge on any atom is 0.257 e. The molecule has 0 fully saturated rings. The van der Waals surface area contributed by atoms with Crippen LogP contribution in [0.4, 0.5) is 0 Å². The molecule has 6 heteroatoms. The first-order valence-electron chi connectivity index (χ1n) is 12.0. The van der Waals surface area contributed by atoms with Gasteiger partial charge in [0.25, 0.3) is 5.91 Å². The lowest BCUT2D eigenvalue weighted by Gasteiger charge is -2.19. The molecule has 5 nitrogen and oxygen atoms in total. The summed E-state index contributed by atoms with van der Waals surface area (Å²) in [4.78, 5) is 17.0. The van der Waals surface area contributed by atoms with Crippen molar-refractivity contribution in [2.75, 3.05) is 13.2 Å². The molecule has 1 aromatic heterocycles. The van der Waals surface area contributed by atoms with Gasteiger partial charge < -0.3 is 14.6 Å². The molecular weight excluding hydrogens is 458 g/mol. The molecule has 182 valence electrons. The van der Waals surface area contributed by atoms with E-state index in [-0.39, 0.29) is 17.9 Å². The number of rotatable bonds is 9. The highest BCUT2D eigenvalue weighted by molar-refractivity contribution is 6.30. The van der Waals surface area contributed by atoms with E-state index in [1.54, 1.807) is 24.3 Å². The van der Waals surface area contributed by atoms with Crippen molar-refractivity contribution in [2.24, 2.45) is 0 Å². The third-order valence-corrected chi connectivity index (χ3v) is 6.23. The van der Waals surface area contributed by atoms with Gasteiger partial charge in [-0.3, -0.25) is 4.79 Å². The Morgan fingerprint density at radius 3 is 2.43 bits per heavy atom. The van der Waals surface area contributed by atoms with Gasteiger partial charge in [-0.05, 0) is 59.4 Å². The molecule has 1 heterocycles. The van der Waals surface area contributed by atoms with Crippen molar-refractivity contribution in [3.05, 3.63) is 94.8 Å². The van der Waals surface area contributed by atoms with Gasteiger partial charge in [0.05, 0.1) is 11.0 Å². The Hall–Kier alpha value is -3.31. The van der Waals surface area contributed by atoms with Gasteiger partial charge in [-0.1, -0.05) is 68.8 Å². The Bertz CT molecular complexity index is 1270. The van der Waals surface area contributed by atoms with Crippen LogP contribution in [-0.4, -0.2) is 28.6 Å². The summed E-state index contributed by atoms with van der Waals surface area (Å²) in [6, 6.07) is 24.0. The fraction of sp³-hybridized carbons (Fsp3) is 0.310. The number of hydrogen-bond donors (Lipinski definition) is 1. The average Bonchev–Trinajstić information content (AvgIpc) is 3.18. The highest BCUT2D eigenvalue weighted by Crippen LogP contribution is 2.24. The van der Waals surface area contributed by atoms with E-state index in [9.17, 15) is 4.79 Å². The monoisotopic (exact) mass is 489 g/mol. The van der Waals surface area contributed by atoms with Crippen molar-refractivity contribution in [1.82, 2.24) is 14.9 Å². The standard InChI is InChI=1S/C29H32ClN3O2/c1-29(2,3)22-12-10-21(11-13-22)19-33-26-8-5-4-7-25(26)32-27(33)9-6-18-31-28(34)20-35-24-16-14-23(30)15-17-24/h4-5,7-8,10-17H,6,9,18-20H2,1-3H3,(H,31,34). The van der Waals surface area contributed by atoms with E-state index in [0.717, 1.165) is 36.2 Å². The fourth-order valence-electron chi connectivity index (χ4n) is 3.99. The molecule has 35 heavy (non-hydrogen) atoms. The van der Waals surface area contributed by atoms with E-state index in [1.165, 1.54) is 11.1 Å². The van der Waals surface area contributed by atoms with Crippen LogP contribution in [0.15, 0.2) is 72.8 Å². The highest BCUT2D eigenvalue weighted by atomic mass is 35.5. The number of amides is 1. The second kappa shape index (κ2) is 11.0. The van der Waals surface area contributed by atoms with Crippen molar-refractivity contribution in [1.29, 1.82) is 0 Å². The number of benzene rings is 3. The summed E-state index contributed by atoms with van der Waals surface area (Å²) in [5, 5.41) is 3.56. The van der Waals surface area contributed by atoms with Gasteiger partial charge in [0.15, 0.2) is 6.61 Å². The summed E-state index contributed by atoms with van der Waals surface area (Å²) in [5.41, 5.74) is 4.83. The van der Waals surface area contributed by atoms with E-state index < -0.39 is 0 Å². The van der Waals surface area contributed by atoms with Crippen LogP contribution in [0.3, 0.4) is 0 Å². The van der Waals surface area contributed by atoms with Crippen molar-refractivity contribution >= 4 is 28.5 Å². The predicted molar refractivity (Wildman–Crippen MR) is 142 cm³/mol. The summed E-state index contributed by atoms with van der Waals surface area (Å²) in [6.45, 7) is 7.99. The van der Waals surface area contributed by atoms with Crippen LogP contribution >= 0.6 is 11.6 Å². The Balaban J connectivity index is 1.35. The van der Waals surface area contributed by atoms with Gasteiger partial charge in [-0.25, -0.2) is 4.98 Å². The third kappa shape index (κ3) is 6.64. The lowest BCUT2D eigenvalue weighted by Crippen LogP contribution is -2.30. The number of nitrogens with zero attached hydrogens (tertiary/aromatic N) is 2. The molecule has 1 amide bonds. The predicted octanol–water partition coefficient (Wildman–Crippen LogP) is 6.16. The van der Waals surface area contributed by atoms with Crippen LogP contribution in [-0.2, 0) is 23.2 Å². The normalized spacial score (nSPS) is 11.5. The van der Waals surface area contributed by atoms with Gasteiger partial charge in [0.2, 0.25) is 0 Å². The van der Waals surface area contributed by atoms with Crippen molar-refractivity contribution in [3.8, 4) is 5.75 Å². The van der Waals surface area contributed by atoms with E-state index in [1.807, 2.05) is 18.2 Å². The fourth-order valence-corrected chi connectivity index (χ4v) is 4.12. The lowest BCUT2D eigenvalue weighted by atomic mass is 9.87. The number of halogens is 1. The van der Waals surface area contributed by atoms with Gasteiger partial charge in [-0.15, -0.1) is 0 Å². The third-order valence-electron chi connectivity index (χ3n) is 5.98. The molecule has 0 saturated carbocycles. The first-order valence-corrected chi connectivity index (χ1v) is 12.4. The number of fused-ring (bicyclic) bond motifs is 1. The molecule has 0 atom stereocenters. The maximum atomic E-state index is 12.2. The SMILES string of the molecule is CC(C)(C)c1ccc(Cn2c(CCCNC(=O)COc3ccc(Cl)cc3)nc3ccccc32)cc1. The molecule has 0 aliphatic rings. The van der Waals surface area contributed by atoms with Gasteiger partial charge in [0.1, 0.15) is 11.6 Å². The zero-order valence-corrected chi connectivity index (χ0v) is 21.3. The molecule has 0 spiro atoms. The molecule has 4 rings (SSSR count). The molecule has 0 saturated heterocycles. The van der Waals surface area contributed by atoms with Crippen molar-refractivity contribution < 1.29 is 9.53 Å². The average molecular weight is 490 g/mol. The Morgan fingerprint density at radius 1 is 1.00 bits per heavy atom. The smallest absolute Gasteiger partial charge is 0.257 e. The Morgan fingerprint density at radius 2 is 1.71 bits per heavy atom. The maximum absolute atomic E-state index is 12.2. The summed E-state index contributed by atoms with van der Waals surface area (Å²) in [5.74, 6) is 1.50. The topological polar surface area (TPSA) is 56.2 Å². The molecule has 0 radical (unpaired) electrons. The largest absolute Gasteiger partial charge is 0.484 e. The first-order chi connectivity index (χ1) is 16.8. The summed E-state index contributed by atoms with van der Waals surface area (Å²) in [6.07, 6.45) is 1.56. The molecular formula is C29H32ClN3O2. The van der Waals surface area contributed by atoms with Gasteiger partial charge >= 0.3 is 0 Å². The van der Waals surface area contributed by atoms with E-state index in [4.69, 9.17) is 21.3 Å². The molecule has 0 aliphatic heterocycles. The zero-order valence-electron chi connectivity index (χ0n) is 20.6. The van der Waals surface area contributed by atoms with Crippen LogP contribution in [0.5, 0.6) is 5.75 Å². The van der Waals surface area contributed by atoms with E-state index in [0.29, 0.717) is 17.3 Å². The minimum absolute atomic E-state index is 0.0231. The quantitative estimate of drug-likeness (QED) is 0.286. The number of carbonyl (C=O) groups is 1. The molecule has 0 aliphatic carbocycles. The minimum atomic E-state index is -0.146. The van der Waals surface area contributed by atoms with Crippen LogP contribution in [0, 0.1) is 0 Å². The Labute approximate surface area is 212 Å². The van der Waals surface area contributed by atoms with Crippen molar-refractivity contribution in [3.63, 3.8) is 0 Å². The van der Waals surface area contributed by atoms with Crippen molar-refractivity contribution in [2.45, 2.75) is 45.6 Å². The van der Waals surface area contributed by atoms with Crippen LogP contribution in [0.1, 0.15) is 44.1 Å². The van der Waals surface area contributed by atoms with E-state index >= 15 is 0 Å². The molecule has 1 N–H and O–H groups in total. The number of hydrogen-bond acceptors (Lipinski definition) is 3. The number of ether oxygens (including phenoxy) is 1. The Kier molecular flexibility index (Phi) is 7.76. The van der Waals surface area contributed by atoms with Crippen LogP contribution < -0.4 is 10.1 Å². The number of para-hydroxylation sites is 2. The lowest BCUT2D eigenvalue weighted by molar-refractivity contribution is -0.123. The number of aromatic nitrogens is 2. The number of carbonyl (C=O) groups excluding carboxylic acids is 1. The molecule has 0 bridgehead atoms.